The highest BCUT2D eigenvalue weighted by molar-refractivity contribution is 7.99. The van der Waals surface area contributed by atoms with Crippen molar-refractivity contribution in [3.05, 3.63) is 72.8 Å². The largest absolute Gasteiger partial charge is 0.370 e. The van der Waals surface area contributed by atoms with E-state index in [-0.39, 0.29) is 24.8 Å². The molecular formula is C21H25N3O2S. The van der Waals surface area contributed by atoms with Gasteiger partial charge in [0.1, 0.15) is 0 Å². The van der Waals surface area contributed by atoms with E-state index in [2.05, 4.69) is 11.9 Å². The zero-order chi connectivity index (χ0) is 19.5. The summed E-state index contributed by atoms with van der Waals surface area (Å²) < 4.78 is 0. The fourth-order valence-corrected chi connectivity index (χ4v) is 3.31. The molecule has 27 heavy (non-hydrogen) atoms. The van der Waals surface area contributed by atoms with Crippen molar-refractivity contribution in [2.45, 2.75) is 17.9 Å². The first-order chi connectivity index (χ1) is 13.1. The molecule has 6 heteroatoms. The number of nitrogens with zero attached hydrogens (tertiary/aromatic N) is 1. The Labute approximate surface area is 164 Å². The highest BCUT2D eigenvalue weighted by Gasteiger charge is 2.14. The molecule has 2 aromatic rings. The number of nitrogens with two attached hydrogens (primary N) is 1. The average molecular weight is 384 g/mol. The number of hydrogen-bond acceptors (Lipinski definition) is 4. The molecule has 0 saturated heterocycles. The van der Waals surface area contributed by atoms with Crippen molar-refractivity contribution in [3.63, 3.8) is 0 Å². The highest BCUT2D eigenvalue weighted by atomic mass is 32.2. The Morgan fingerprint density at radius 3 is 2.52 bits per heavy atom. The van der Waals surface area contributed by atoms with Gasteiger partial charge >= 0.3 is 0 Å². The molecule has 0 heterocycles. The molecule has 0 atom stereocenters. The minimum absolute atomic E-state index is 0.123. The molecule has 0 spiro atoms. The third kappa shape index (κ3) is 7.68. The molecule has 0 fully saturated rings. The van der Waals surface area contributed by atoms with Crippen molar-refractivity contribution < 1.29 is 9.59 Å². The van der Waals surface area contributed by atoms with Gasteiger partial charge in [-0.2, -0.15) is 0 Å². The second-order valence-corrected chi connectivity index (χ2v) is 7.12. The molecule has 0 aliphatic heterocycles. The van der Waals surface area contributed by atoms with E-state index in [1.165, 1.54) is 0 Å². The summed E-state index contributed by atoms with van der Waals surface area (Å²) >= 11 is 1.62. The van der Waals surface area contributed by atoms with Crippen LogP contribution < -0.4 is 11.1 Å². The van der Waals surface area contributed by atoms with Crippen molar-refractivity contribution in [2.75, 3.05) is 24.2 Å². The van der Waals surface area contributed by atoms with Crippen LogP contribution in [0.5, 0.6) is 0 Å². The third-order valence-electron chi connectivity index (χ3n) is 3.81. The van der Waals surface area contributed by atoms with Crippen LogP contribution in [0, 0.1) is 0 Å². The lowest BCUT2D eigenvalue weighted by molar-refractivity contribution is -0.120. The van der Waals surface area contributed by atoms with Crippen molar-refractivity contribution in [2.24, 2.45) is 5.73 Å². The van der Waals surface area contributed by atoms with Crippen LogP contribution in [0.2, 0.25) is 0 Å². The first-order valence-corrected chi connectivity index (χ1v) is 9.74. The maximum Gasteiger partial charge on any atom is 0.238 e. The molecule has 0 aliphatic rings. The Hall–Kier alpha value is -2.57. The summed E-state index contributed by atoms with van der Waals surface area (Å²) in [5, 5.41) is 2.97. The topological polar surface area (TPSA) is 75.4 Å². The van der Waals surface area contributed by atoms with E-state index in [0.29, 0.717) is 13.1 Å². The Morgan fingerprint density at radius 2 is 1.81 bits per heavy atom. The number of carbonyl (C=O) groups is 2. The predicted molar refractivity (Wildman–Crippen MR) is 112 cm³/mol. The van der Waals surface area contributed by atoms with Gasteiger partial charge in [-0.1, -0.05) is 48.5 Å². The second-order valence-electron chi connectivity index (χ2n) is 6.06. The Morgan fingerprint density at radius 1 is 1.11 bits per heavy atom. The molecule has 2 amide bonds. The van der Waals surface area contributed by atoms with E-state index < -0.39 is 0 Å². The number of hydrogen-bond donors (Lipinski definition) is 2. The number of benzene rings is 2. The van der Waals surface area contributed by atoms with Gasteiger partial charge in [0.15, 0.2) is 0 Å². The molecule has 0 bridgehead atoms. The molecule has 5 nitrogen and oxygen atoms in total. The number of nitrogens with one attached hydrogen (secondary N) is 1. The number of amides is 2. The average Bonchev–Trinajstić information content (AvgIpc) is 2.66. The molecule has 3 N–H and O–H groups in total. The van der Waals surface area contributed by atoms with Crippen LogP contribution in [0.25, 0.3) is 0 Å². The number of thioether (sulfide) groups is 1. The third-order valence-corrected chi connectivity index (χ3v) is 4.88. The van der Waals surface area contributed by atoms with Crippen LogP contribution in [0.1, 0.15) is 12.0 Å². The van der Waals surface area contributed by atoms with Crippen molar-refractivity contribution in [1.82, 2.24) is 4.90 Å². The van der Waals surface area contributed by atoms with Crippen molar-refractivity contribution in [3.8, 4) is 0 Å². The van der Waals surface area contributed by atoms with Gasteiger partial charge in [0.05, 0.1) is 12.2 Å². The fourth-order valence-electron chi connectivity index (χ4n) is 2.56. The maximum atomic E-state index is 12.6. The van der Waals surface area contributed by atoms with Crippen LogP contribution in [-0.4, -0.2) is 35.6 Å². The first-order valence-electron chi connectivity index (χ1n) is 8.75. The summed E-state index contributed by atoms with van der Waals surface area (Å²) in [6, 6.07) is 17.5. The first kappa shape index (κ1) is 20.7. The normalized spacial score (nSPS) is 10.6. The quantitative estimate of drug-likeness (QED) is 0.461. The van der Waals surface area contributed by atoms with Crippen LogP contribution in [0.3, 0.4) is 0 Å². The van der Waals surface area contributed by atoms with Crippen molar-refractivity contribution >= 4 is 29.3 Å². The summed E-state index contributed by atoms with van der Waals surface area (Å²) in [5.74, 6) is 0.271. The van der Waals surface area contributed by atoms with Gasteiger partial charge < -0.3 is 11.1 Å². The molecule has 0 saturated carbocycles. The SMILES string of the molecule is C=CCSc1ccccc1NC(=O)CN(CCC(N)=O)Cc1ccccc1. The van der Waals surface area contributed by atoms with E-state index >= 15 is 0 Å². The monoisotopic (exact) mass is 383 g/mol. The number of primary amides is 1. The summed E-state index contributed by atoms with van der Waals surface area (Å²) in [5.41, 5.74) is 7.14. The van der Waals surface area contributed by atoms with Gasteiger partial charge in [0.2, 0.25) is 11.8 Å². The summed E-state index contributed by atoms with van der Waals surface area (Å²) in [6.45, 7) is 4.92. The molecule has 2 aromatic carbocycles. The minimum atomic E-state index is -0.375. The Bertz CT molecular complexity index is 765. The van der Waals surface area contributed by atoms with Crippen LogP contribution in [0.4, 0.5) is 5.69 Å². The standard InChI is InChI=1S/C21H25N3O2S/c1-2-14-27-19-11-7-6-10-18(19)23-21(26)16-24(13-12-20(22)25)15-17-8-4-3-5-9-17/h2-11H,1,12-16H2,(H2,22,25)(H,23,26). The molecule has 142 valence electrons. The second kappa shape index (κ2) is 11.2. The predicted octanol–water partition coefficient (Wildman–Crippen LogP) is 3.28. The van der Waals surface area contributed by atoms with Crippen molar-refractivity contribution in [1.29, 1.82) is 0 Å². The molecule has 0 radical (unpaired) electrons. The molecule has 0 aliphatic carbocycles. The van der Waals surface area contributed by atoms with Crippen LogP contribution >= 0.6 is 11.8 Å². The summed E-state index contributed by atoms with van der Waals surface area (Å²) in [4.78, 5) is 26.7. The van der Waals surface area contributed by atoms with Gasteiger partial charge in [-0.3, -0.25) is 14.5 Å². The van der Waals surface area contributed by atoms with Gasteiger partial charge in [-0.15, -0.1) is 18.3 Å². The zero-order valence-electron chi connectivity index (χ0n) is 15.3. The minimum Gasteiger partial charge on any atom is -0.370 e. The van der Waals surface area contributed by atoms with E-state index in [4.69, 9.17) is 5.73 Å². The van der Waals surface area contributed by atoms with E-state index in [1.807, 2.05) is 65.6 Å². The van der Waals surface area contributed by atoms with E-state index in [9.17, 15) is 9.59 Å². The fraction of sp³-hybridized carbons (Fsp3) is 0.238. The highest BCUT2D eigenvalue weighted by Crippen LogP contribution is 2.26. The molecule has 2 rings (SSSR count). The number of carbonyl (C=O) groups excluding carboxylic acids is 2. The summed E-state index contributed by atoms with van der Waals surface area (Å²) in [6.07, 6.45) is 2.04. The Balaban J connectivity index is 2.02. The molecule has 0 unspecified atom stereocenters. The number of para-hydroxylation sites is 1. The van der Waals surface area contributed by atoms with Gasteiger partial charge in [0.25, 0.3) is 0 Å². The van der Waals surface area contributed by atoms with E-state index in [1.54, 1.807) is 11.8 Å². The van der Waals surface area contributed by atoms with Crippen LogP contribution in [0.15, 0.2) is 72.1 Å². The number of rotatable bonds is 11. The summed E-state index contributed by atoms with van der Waals surface area (Å²) in [7, 11) is 0. The van der Waals surface area contributed by atoms with Gasteiger partial charge in [-0.25, -0.2) is 0 Å². The number of anilines is 1. The maximum absolute atomic E-state index is 12.6. The van der Waals surface area contributed by atoms with Gasteiger partial charge in [-0.05, 0) is 17.7 Å². The molecule has 0 aromatic heterocycles. The lowest BCUT2D eigenvalue weighted by Crippen LogP contribution is -2.35. The zero-order valence-corrected chi connectivity index (χ0v) is 16.1. The van der Waals surface area contributed by atoms with Gasteiger partial charge in [0, 0.05) is 30.2 Å². The van der Waals surface area contributed by atoms with Crippen LogP contribution in [-0.2, 0) is 16.1 Å². The lowest BCUT2D eigenvalue weighted by Gasteiger charge is -2.21. The molecular weight excluding hydrogens is 358 g/mol. The smallest absolute Gasteiger partial charge is 0.238 e. The Kier molecular flexibility index (Phi) is 8.61. The van der Waals surface area contributed by atoms with E-state index in [0.717, 1.165) is 21.9 Å². The lowest BCUT2D eigenvalue weighted by atomic mass is 10.2.